The summed E-state index contributed by atoms with van der Waals surface area (Å²) in [6, 6.07) is 8.78. The van der Waals surface area contributed by atoms with Gasteiger partial charge in [-0.15, -0.1) is 0 Å². The maximum absolute atomic E-state index is 13.5. The van der Waals surface area contributed by atoms with E-state index in [2.05, 4.69) is 15.7 Å². The highest BCUT2D eigenvalue weighted by Gasteiger charge is 2.22. The molecule has 28 heavy (non-hydrogen) atoms. The molecule has 6 nitrogen and oxygen atoms in total. The van der Waals surface area contributed by atoms with Crippen LogP contribution in [0.3, 0.4) is 0 Å². The van der Waals surface area contributed by atoms with Crippen molar-refractivity contribution in [3.8, 4) is 11.4 Å². The largest absolute Gasteiger partial charge is 0.497 e. The molecular weight excluding hydrogens is 359 g/mol. The number of hydrogen-bond acceptors (Lipinski definition) is 3. The van der Waals surface area contributed by atoms with E-state index >= 15 is 0 Å². The molecule has 1 heterocycles. The standard InChI is InChI=1S/C21H25FN4O2/c1-21(2,3)18-13-19(24-20(27)23-15-8-5-7-14(22)11-15)26(25-18)16-9-6-10-17(12-16)28-4/h5-6,8-14H,7H2,1-4H3,(H2,23,24,27). The van der Waals surface area contributed by atoms with E-state index in [0.29, 0.717) is 23.7 Å². The number of benzene rings is 1. The fourth-order valence-electron chi connectivity index (χ4n) is 2.78. The highest BCUT2D eigenvalue weighted by atomic mass is 19.1. The number of urea groups is 1. The summed E-state index contributed by atoms with van der Waals surface area (Å²) < 4.78 is 20.4. The van der Waals surface area contributed by atoms with Gasteiger partial charge >= 0.3 is 6.03 Å². The minimum Gasteiger partial charge on any atom is -0.497 e. The molecule has 1 unspecified atom stereocenters. The van der Waals surface area contributed by atoms with E-state index in [-0.39, 0.29) is 5.41 Å². The Hall–Kier alpha value is -3.09. The maximum Gasteiger partial charge on any atom is 0.324 e. The van der Waals surface area contributed by atoms with Crippen molar-refractivity contribution in [3.63, 3.8) is 0 Å². The van der Waals surface area contributed by atoms with Crippen molar-refractivity contribution in [2.24, 2.45) is 0 Å². The SMILES string of the molecule is COc1cccc(-n2nc(C(C)(C)C)cc2NC(=O)NC2=CC(F)CC=C2)c1. The highest BCUT2D eigenvalue weighted by molar-refractivity contribution is 5.90. The molecule has 7 heteroatoms. The summed E-state index contributed by atoms with van der Waals surface area (Å²) in [6.45, 7) is 6.15. The molecule has 1 atom stereocenters. The number of ether oxygens (including phenoxy) is 1. The van der Waals surface area contributed by atoms with Crippen LogP contribution in [0, 0.1) is 0 Å². The van der Waals surface area contributed by atoms with Gasteiger partial charge in [0.25, 0.3) is 0 Å². The van der Waals surface area contributed by atoms with Crippen molar-refractivity contribution in [3.05, 3.63) is 60.0 Å². The molecule has 148 valence electrons. The van der Waals surface area contributed by atoms with Crippen LogP contribution >= 0.6 is 0 Å². The number of halogens is 1. The van der Waals surface area contributed by atoms with Crippen LogP contribution in [-0.2, 0) is 5.41 Å². The van der Waals surface area contributed by atoms with Gasteiger partial charge in [0, 0.05) is 29.7 Å². The predicted molar refractivity (Wildman–Crippen MR) is 108 cm³/mol. The third-order valence-electron chi connectivity index (χ3n) is 4.29. The fourth-order valence-corrected chi connectivity index (χ4v) is 2.78. The lowest BCUT2D eigenvalue weighted by Crippen LogP contribution is -2.29. The Morgan fingerprint density at radius 1 is 1.29 bits per heavy atom. The topological polar surface area (TPSA) is 68.2 Å². The molecule has 1 aliphatic carbocycles. The van der Waals surface area contributed by atoms with E-state index in [9.17, 15) is 9.18 Å². The Kier molecular flexibility index (Phi) is 5.53. The first kappa shape index (κ1) is 19.7. The van der Waals surface area contributed by atoms with Gasteiger partial charge in [0.2, 0.25) is 0 Å². The Balaban J connectivity index is 1.89. The fraction of sp³-hybridized carbons (Fsp3) is 0.333. The monoisotopic (exact) mass is 384 g/mol. The zero-order chi connectivity index (χ0) is 20.3. The number of allylic oxidation sites excluding steroid dienone is 3. The number of hydrogen-bond donors (Lipinski definition) is 2. The van der Waals surface area contributed by atoms with Gasteiger partial charge in [0.1, 0.15) is 17.7 Å². The molecule has 0 aliphatic heterocycles. The van der Waals surface area contributed by atoms with Crippen LogP contribution in [-0.4, -0.2) is 29.1 Å². The number of alkyl halides is 1. The summed E-state index contributed by atoms with van der Waals surface area (Å²) in [5.74, 6) is 1.19. The Labute approximate surface area is 164 Å². The van der Waals surface area contributed by atoms with Crippen molar-refractivity contribution >= 4 is 11.8 Å². The number of carbonyl (C=O) groups is 1. The second-order valence-corrected chi connectivity index (χ2v) is 7.63. The molecule has 1 aliphatic rings. The van der Waals surface area contributed by atoms with Crippen LogP contribution in [0.2, 0.25) is 0 Å². The normalized spacial score (nSPS) is 16.5. The quantitative estimate of drug-likeness (QED) is 0.817. The molecule has 2 aromatic rings. The van der Waals surface area contributed by atoms with E-state index < -0.39 is 12.2 Å². The van der Waals surface area contributed by atoms with Gasteiger partial charge in [-0.2, -0.15) is 5.10 Å². The summed E-state index contributed by atoms with van der Waals surface area (Å²) in [5, 5.41) is 10.1. The van der Waals surface area contributed by atoms with Gasteiger partial charge in [-0.1, -0.05) is 32.9 Å². The summed E-state index contributed by atoms with van der Waals surface area (Å²) >= 11 is 0. The van der Waals surface area contributed by atoms with E-state index in [1.165, 1.54) is 6.08 Å². The molecule has 0 saturated heterocycles. The molecule has 0 bridgehead atoms. The van der Waals surface area contributed by atoms with Crippen LogP contribution < -0.4 is 15.4 Å². The van der Waals surface area contributed by atoms with E-state index in [0.717, 1.165) is 11.4 Å². The lowest BCUT2D eigenvalue weighted by atomic mass is 9.92. The van der Waals surface area contributed by atoms with Gasteiger partial charge in [-0.3, -0.25) is 5.32 Å². The number of anilines is 1. The molecule has 3 rings (SSSR count). The van der Waals surface area contributed by atoms with Crippen molar-refractivity contribution in [1.82, 2.24) is 15.1 Å². The Morgan fingerprint density at radius 2 is 2.07 bits per heavy atom. The average molecular weight is 384 g/mol. The van der Waals surface area contributed by atoms with E-state index in [4.69, 9.17) is 4.74 Å². The third kappa shape index (κ3) is 4.60. The Bertz CT molecular complexity index is 925. The lowest BCUT2D eigenvalue weighted by Gasteiger charge is -2.14. The van der Waals surface area contributed by atoms with Crippen LogP contribution in [0.15, 0.2) is 54.3 Å². The molecular formula is C21H25FN4O2. The number of rotatable bonds is 4. The molecule has 0 spiro atoms. The number of carbonyl (C=O) groups excluding carboxylic acids is 1. The van der Waals surface area contributed by atoms with Crippen LogP contribution in [0.4, 0.5) is 15.0 Å². The van der Waals surface area contributed by atoms with Crippen LogP contribution in [0.25, 0.3) is 5.69 Å². The van der Waals surface area contributed by atoms with Gasteiger partial charge in [-0.25, -0.2) is 13.9 Å². The van der Waals surface area contributed by atoms with Crippen molar-refractivity contribution in [1.29, 1.82) is 0 Å². The molecule has 1 aromatic heterocycles. The number of amides is 2. The second kappa shape index (κ2) is 7.88. The predicted octanol–water partition coefficient (Wildman–Crippen LogP) is 4.48. The number of methoxy groups -OCH3 is 1. The molecule has 0 saturated carbocycles. The van der Waals surface area contributed by atoms with Crippen molar-refractivity contribution < 1.29 is 13.9 Å². The number of nitrogens with one attached hydrogen (secondary N) is 2. The maximum atomic E-state index is 13.5. The number of nitrogens with zero attached hydrogens (tertiary/aromatic N) is 2. The van der Waals surface area contributed by atoms with Gasteiger partial charge in [0.15, 0.2) is 0 Å². The smallest absolute Gasteiger partial charge is 0.324 e. The summed E-state index contributed by atoms with van der Waals surface area (Å²) in [7, 11) is 1.60. The average Bonchev–Trinajstić information content (AvgIpc) is 3.06. The van der Waals surface area contributed by atoms with Gasteiger partial charge in [0.05, 0.1) is 18.5 Å². The summed E-state index contributed by atoms with van der Waals surface area (Å²) in [5.41, 5.74) is 1.81. The first-order valence-electron chi connectivity index (χ1n) is 9.11. The zero-order valence-corrected chi connectivity index (χ0v) is 16.5. The first-order valence-corrected chi connectivity index (χ1v) is 9.11. The van der Waals surface area contributed by atoms with Crippen molar-refractivity contribution in [2.75, 3.05) is 12.4 Å². The minimum atomic E-state index is -1.09. The van der Waals surface area contributed by atoms with E-state index in [1.54, 1.807) is 23.9 Å². The molecule has 0 radical (unpaired) electrons. The zero-order valence-electron chi connectivity index (χ0n) is 16.5. The molecule has 0 fully saturated rings. The molecule has 2 N–H and O–H groups in total. The summed E-state index contributed by atoms with van der Waals surface area (Å²) in [4.78, 5) is 12.5. The van der Waals surface area contributed by atoms with Gasteiger partial charge in [-0.05, 0) is 24.3 Å². The second-order valence-electron chi connectivity index (χ2n) is 7.63. The first-order chi connectivity index (χ1) is 13.3. The summed E-state index contributed by atoms with van der Waals surface area (Å²) in [6.07, 6.45) is 4.01. The Morgan fingerprint density at radius 3 is 2.75 bits per heavy atom. The van der Waals surface area contributed by atoms with E-state index in [1.807, 2.05) is 51.1 Å². The molecule has 2 amide bonds. The van der Waals surface area contributed by atoms with Crippen molar-refractivity contribution in [2.45, 2.75) is 38.8 Å². The third-order valence-corrected chi connectivity index (χ3v) is 4.29. The number of aromatic nitrogens is 2. The lowest BCUT2D eigenvalue weighted by molar-refractivity contribution is 0.254. The van der Waals surface area contributed by atoms with Crippen LogP contribution in [0.1, 0.15) is 32.9 Å². The van der Waals surface area contributed by atoms with Gasteiger partial charge < -0.3 is 10.1 Å². The highest BCUT2D eigenvalue weighted by Crippen LogP contribution is 2.27. The molecule has 1 aromatic carbocycles. The minimum absolute atomic E-state index is 0.201. The van der Waals surface area contributed by atoms with Crippen LogP contribution in [0.5, 0.6) is 5.75 Å².